The highest BCUT2D eigenvalue weighted by molar-refractivity contribution is 9.12. The molecule has 0 rings (SSSR count). The third kappa shape index (κ3) is 6.82. The van der Waals surface area contributed by atoms with E-state index in [4.69, 9.17) is 0 Å². The van der Waals surface area contributed by atoms with Crippen molar-refractivity contribution in [3.8, 4) is 0 Å². The van der Waals surface area contributed by atoms with Gasteiger partial charge in [0.2, 0.25) is 0 Å². The molecule has 0 aliphatic rings. The number of hydrogen-bond donors (Lipinski definition) is 0. The fourth-order valence-electron chi connectivity index (χ4n) is 0.981. The number of carbonyl (C=O) groups excluding carboxylic acids is 1. The molecule has 0 atom stereocenters. The zero-order valence-electron chi connectivity index (χ0n) is 8.31. The summed E-state index contributed by atoms with van der Waals surface area (Å²) in [5.41, 5.74) is 0. The summed E-state index contributed by atoms with van der Waals surface area (Å²) in [6, 6.07) is 0. The van der Waals surface area contributed by atoms with Crippen LogP contribution in [-0.4, -0.2) is 13.1 Å². The molecule has 3 heteroatoms. The van der Waals surface area contributed by atoms with Crippen molar-refractivity contribution in [3.05, 3.63) is 10.6 Å². The zero-order valence-corrected chi connectivity index (χ0v) is 9.89. The Balaban J connectivity index is 3.53. The van der Waals surface area contributed by atoms with Crippen LogP contribution >= 0.6 is 15.9 Å². The number of carbonyl (C=O) groups is 1. The Morgan fingerprint density at radius 1 is 1.38 bits per heavy atom. The summed E-state index contributed by atoms with van der Waals surface area (Å²) in [6.45, 7) is 2.18. The Hall–Kier alpha value is -0.310. The Morgan fingerprint density at radius 3 is 2.62 bits per heavy atom. The van der Waals surface area contributed by atoms with E-state index in [-0.39, 0.29) is 5.97 Å². The molecule has 0 unspecified atom stereocenters. The predicted octanol–water partition coefficient (Wildman–Crippen LogP) is 3.41. The van der Waals surface area contributed by atoms with Gasteiger partial charge in [0.15, 0.2) is 0 Å². The van der Waals surface area contributed by atoms with Crippen molar-refractivity contribution in [2.75, 3.05) is 7.11 Å². The van der Waals surface area contributed by atoms with Gasteiger partial charge in [-0.05, 0) is 28.8 Å². The van der Waals surface area contributed by atoms with Crippen molar-refractivity contribution in [2.45, 2.75) is 39.0 Å². The second-order valence-corrected chi connectivity index (χ2v) is 3.75. The number of methoxy groups -OCH3 is 1. The second-order valence-electron chi connectivity index (χ2n) is 2.89. The minimum Gasteiger partial charge on any atom is -0.465 e. The monoisotopic (exact) mass is 248 g/mol. The highest BCUT2D eigenvalue weighted by Crippen LogP contribution is 2.11. The summed E-state index contributed by atoms with van der Waals surface area (Å²) in [6.07, 6.45) is 7.69. The first-order valence-corrected chi connectivity index (χ1v) is 5.45. The first-order valence-electron chi connectivity index (χ1n) is 4.66. The van der Waals surface area contributed by atoms with E-state index in [1.54, 1.807) is 0 Å². The molecule has 0 aliphatic carbocycles. The molecule has 0 radical (unpaired) electrons. The van der Waals surface area contributed by atoms with Gasteiger partial charge in [-0.1, -0.05) is 32.3 Å². The molecule has 0 aromatic rings. The summed E-state index contributed by atoms with van der Waals surface area (Å²) >= 11 is 3.16. The number of halogens is 1. The van der Waals surface area contributed by atoms with Crippen molar-refractivity contribution >= 4 is 21.9 Å². The van der Waals surface area contributed by atoms with E-state index in [0.29, 0.717) is 4.48 Å². The average molecular weight is 249 g/mol. The molecule has 0 heterocycles. The van der Waals surface area contributed by atoms with Crippen LogP contribution in [0.2, 0.25) is 0 Å². The predicted molar refractivity (Wildman–Crippen MR) is 57.8 cm³/mol. The lowest BCUT2D eigenvalue weighted by atomic mass is 10.1. The van der Waals surface area contributed by atoms with Crippen LogP contribution in [0.1, 0.15) is 39.0 Å². The van der Waals surface area contributed by atoms with Gasteiger partial charge in [0, 0.05) is 0 Å². The van der Waals surface area contributed by atoms with Crippen LogP contribution in [0.5, 0.6) is 0 Å². The molecule has 76 valence electrons. The van der Waals surface area contributed by atoms with Crippen molar-refractivity contribution < 1.29 is 9.53 Å². The first-order chi connectivity index (χ1) is 6.22. The van der Waals surface area contributed by atoms with Crippen LogP contribution in [-0.2, 0) is 9.53 Å². The number of allylic oxidation sites excluding steroid dienone is 1. The van der Waals surface area contributed by atoms with Gasteiger partial charge >= 0.3 is 5.97 Å². The van der Waals surface area contributed by atoms with E-state index in [0.717, 1.165) is 12.8 Å². The largest absolute Gasteiger partial charge is 0.465 e. The molecule has 13 heavy (non-hydrogen) atoms. The highest BCUT2D eigenvalue weighted by atomic mass is 79.9. The maximum Gasteiger partial charge on any atom is 0.344 e. The van der Waals surface area contributed by atoms with E-state index in [9.17, 15) is 4.79 Å². The number of rotatable bonds is 6. The maximum absolute atomic E-state index is 10.9. The van der Waals surface area contributed by atoms with E-state index in [1.807, 2.05) is 6.08 Å². The standard InChI is InChI=1S/C10H17BrO2/c1-3-4-5-6-7-8-9(11)10(12)13-2/h8H,3-7H2,1-2H3/b9-8-. The Bertz CT molecular complexity index is 176. The van der Waals surface area contributed by atoms with Crippen molar-refractivity contribution in [1.29, 1.82) is 0 Å². The zero-order chi connectivity index (χ0) is 10.1. The molecule has 0 aliphatic heterocycles. The van der Waals surface area contributed by atoms with E-state index in [2.05, 4.69) is 27.6 Å². The quantitative estimate of drug-likeness (QED) is 0.409. The van der Waals surface area contributed by atoms with Crippen molar-refractivity contribution in [3.63, 3.8) is 0 Å². The third-order valence-corrected chi connectivity index (χ3v) is 2.41. The van der Waals surface area contributed by atoms with Gasteiger partial charge < -0.3 is 4.74 Å². The van der Waals surface area contributed by atoms with Crippen molar-refractivity contribution in [2.24, 2.45) is 0 Å². The smallest absolute Gasteiger partial charge is 0.344 e. The van der Waals surface area contributed by atoms with Gasteiger partial charge in [-0.15, -0.1) is 0 Å². The maximum atomic E-state index is 10.9. The van der Waals surface area contributed by atoms with E-state index >= 15 is 0 Å². The number of esters is 1. The summed E-state index contributed by atoms with van der Waals surface area (Å²) in [7, 11) is 1.38. The second kappa shape index (κ2) is 8.30. The van der Waals surface area contributed by atoms with E-state index < -0.39 is 0 Å². The van der Waals surface area contributed by atoms with Crippen LogP contribution in [0.15, 0.2) is 10.6 Å². The summed E-state index contributed by atoms with van der Waals surface area (Å²) in [5, 5.41) is 0. The number of ether oxygens (including phenoxy) is 1. The number of hydrogen-bond acceptors (Lipinski definition) is 2. The molecule has 0 saturated carbocycles. The molecule has 0 N–H and O–H groups in total. The third-order valence-electron chi connectivity index (χ3n) is 1.76. The van der Waals surface area contributed by atoms with Gasteiger partial charge in [-0.2, -0.15) is 0 Å². The Kier molecular flexibility index (Phi) is 8.10. The molecule has 0 spiro atoms. The summed E-state index contributed by atoms with van der Waals surface area (Å²) < 4.78 is 5.07. The fourth-order valence-corrected chi connectivity index (χ4v) is 1.37. The Labute approximate surface area is 88.5 Å². The minimum atomic E-state index is -0.296. The van der Waals surface area contributed by atoms with Gasteiger partial charge in [0.05, 0.1) is 11.6 Å². The van der Waals surface area contributed by atoms with Gasteiger partial charge in [-0.25, -0.2) is 4.79 Å². The van der Waals surface area contributed by atoms with Gasteiger partial charge in [-0.3, -0.25) is 0 Å². The molecule has 0 aromatic heterocycles. The number of unbranched alkanes of at least 4 members (excludes halogenated alkanes) is 4. The first kappa shape index (κ1) is 12.7. The van der Waals surface area contributed by atoms with Crippen molar-refractivity contribution in [1.82, 2.24) is 0 Å². The van der Waals surface area contributed by atoms with Crippen LogP contribution in [0, 0.1) is 0 Å². The fraction of sp³-hybridized carbons (Fsp3) is 0.700. The molecule has 0 aromatic carbocycles. The van der Waals surface area contributed by atoms with Crippen LogP contribution in [0.4, 0.5) is 0 Å². The molecule has 0 bridgehead atoms. The molecule has 0 fully saturated rings. The lowest BCUT2D eigenvalue weighted by molar-refractivity contribution is -0.135. The molecular formula is C10H17BrO2. The minimum absolute atomic E-state index is 0.296. The normalized spacial score (nSPS) is 11.5. The molecule has 2 nitrogen and oxygen atoms in total. The summed E-state index contributed by atoms with van der Waals surface area (Å²) in [4.78, 5) is 10.9. The molecular weight excluding hydrogens is 232 g/mol. The molecule has 0 amide bonds. The SMILES string of the molecule is CCCCCC/C=C(\Br)C(=O)OC. The van der Waals surface area contributed by atoms with Gasteiger partial charge in [0.25, 0.3) is 0 Å². The van der Waals surface area contributed by atoms with Crippen LogP contribution in [0.3, 0.4) is 0 Å². The van der Waals surface area contributed by atoms with E-state index in [1.165, 1.54) is 26.4 Å². The lowest BCUT2D eigenvalue weighted by Crippen LogP contribution is -1.98. The Morgan fingerprint density at radius 2 is 2.08 bits per heavy atom. The van der Waals surface area contributed by atoms with Crippen LogP contribution in [0.25, 0.3) is 0 Å². The highest BCUT2D eigenvalue weighted by Gasteiger charge is 2.02. The lowest BCUT2D eigenvalue weighted by Gasteiger charge is -1.97. The topological polar surface area (TPSA) is 26.3 Å². The summed E-state index contributed by atoms with van der Waals surface area (Å²) in [5.74, 6) is -0.296. The average Bonchev–Trinajstić information content (AvgIpc) is 2.16. The van der Waals surface area contributed by atoms with Crippen LogP contribution < -0.4 is 0 Å². The molecule has 0 saturated heterocycles. The van der Waals surface area contributed by atoms with Gasteiger partial charge in [0.1, 0.15) is 0 Å².